The third-order valence-electron chi connectivity index (χ3n) is 3.38. The largest absolute Gasteiger partial charge is 0.495 e. The SMILES string of the molecule is COc1ccc(F)cc1S(=O)(=O)NC1CCCC(O)C1. The van der Waals surface area contributed by atoms with Gasteiger partial charge in [-0.2, -0.15) is 0 Å². The predicted octanol–water partition coefficient (Wildman–Crippen LogP) is 1.42. The number of benzene rings is 1. The average Bonchev–Trinajstić information content (AvgIpc) is 2.38. The fourth-order valence-corrected chi connectivity index (χ4v) is 3.88. The molecule has 1 aliphatic carbocycles. The van der Waals surface area contributed by atoms with Crippen LogP contribution in [0.1, 0.15) is 25.7 Å². The number of rotatable bonds is 4. The molecule has 112 valence electrons. The molecule has 1 aromatic carbocycles. The number of halogens is 1. The monoisotopic (exact) mass is 303 g/mol. The Bertz CT molecular complexity index is 576. The zero-order chi connectivity index (χ0) is 14.8. The van der Waals surface area contributed by atoms with E-state index >= 15 is 0 Å². The molecule has 1 saturated carbocycles. The number of nitrogens with one attached hydrogen (secondary N) is 1. The summed E-state index contributed by atoms with van der Waals surface area (Å²) in [7, 11) is -2.54. The summed E-state index contributed by atoms with van der Waals surface area (Å²) in [5.74, 6) is -0.551. The molecule has 2 unspecified atom stereocenters. The van der Waals surface area contributed by atoms with Gasteiger partial charge in [-0.25, -0.2) is 17.5 Å². The minimum Gasteiger partial charge on any atom is -0.495 e. The van der Waals surface area contributed by atoms with Crippen LogP contribution < -0.4 is 9.46 Å². The van der Waals surface area contributed by atoms with E-state index in [1.54, 1.807) is 0 Å². The van der Waals surface area contributed by atoms with Crippen LogP contribution in [0.15, 0.2) is 23.1 Å². The van der Waals surface area contributed by atoms with Gasteiger partial charge in [0.25, 0.3) is 0 Å². The van der Waals surface area contributed by atoms with Gasteiger partial charge in [0.05, 0.1) is 13.2 Å². The van der Waals surface area contributed by atoms with Crippen LogP contribution in [0, 0.1) is 5.82 Å². The van der Waals surface area contributed by atoms with Crippen molar-refractivity contribution in [3.63, 3.8) is 0 Å². The maximum Gasteiger partial charge on any atom is 0.244 e. The molecule has 0 aromatic heterocycles. The molecule has 7 heteroatoms. The first kappa shape index (κ1) is 15.2. The molecule has 2 N–H and O–H groups in total. The first-order chi connectivity index (χ1) is 9.42. The van der Waals surface area contributed by atoms with Crippen molar-refractivity contribution in [3.8, 4) is 5.75 Å². The maximum atomic E-state index is 13.3. The lowest BCUT2D eigenvalue weighted by atomic mass is 9.94. The van der Waals surface area contributed by atoms with Gasteiger partial charge in [0.1, 0.15) is 16.5 Å². The van der Waals surface area contributed by atoms with Gasteiger partial charge in [0.2, 0.25) is 10.0 Å². The second-order valence-electron chi connectivity index (χ2n) is 4.93. The number of hydrogen-bond acceptors (Lipinski definition) is 4. The Morgan fingerprint density at radius 2 is 2.15 bits per heavy atom. The molecule has 0 spiro atoms. The second-order valence-corrected chi connectivity index (χ2v) is 6.62. The van der Waals surface area contributed by atoms with Crippen molar-refractivity contribution in [3.05, 3.63) is 24.0 Å². The van der Waals surface area contributed by atoms with E-state index in [1.807, 2.05) is 0 Å². The Morgan fingerprint density at radius 1 is 1.40 bits per heavy atom. The van der Waals surface area contributed by atoms with Gasteiger partial charge in [-0.05, 0) is 43.9 Å². The molecule has 1 aromatic rings. The summed E-state index contributed by atoms with van der Waals surface area (Å²) in [5.41, 5.74) is 0. The molecule has 5 nitrogen and oxygen atoms in total. The van der Waals surface area contributed by atoms with E-state index in [9.17, 15) is 17.9 Å². The van der Waals surface area contributed by atoms with Crippen molar-refractivity contribution in [1.29, 1.82) is 0 Å². The standard InChI is InChI=1S/C13H18FNO4S/c1-19-12-6-5-9(14)7-13(12)20(17,18)15-10-3-2-4-11(16)8-10/h5-7,10-11,15-16H,2-4,8H2,1H3. The highest BCUT2D eigenvalue weighted by atomic mass is 32.2. The van der Waals surface area contributed by atoms with Crippen LogP contribution in [0.2, 0.25) is 0 Å². The first-order valence-electron chi connectivity index (χ1n) is 6.46. The highest BCUT2D eigenvalue weighted by molar-refractivity contribution is 7.89. The van der Waals surface area contributed by atoms with Crippen molar-refractivity contribution < 1.29 is 22.7 Å². The molecule has 0 heterocycles. The van der Waals surface area contributed by atoms with Crippen molar-refractivity contribution in [2.45, 2.75) is 42.7 Å². The highest BCUT2D eigenvalue weighted by Crippen LogP contribution is 2.26. The van der Waals surface area contributed by atoms with E-state index in [-0.39, 0.29) is 16.7 Å². The van der Waals surface area contributed by atoms with Gasteiger partial charge in [-0.15, -0.1) is 0 Å². The van der Waals surface area contributed by atoms with Crippen LogP contribution in [0.3, 0.4) is 0 Å². The van der Waals surface area contributed by atoms with E-state index in [1.165, 1.54) is 13.2 Å². The van der Waals surface area contributed by atoms with Gasteiger partial charge in [-0.1, -0.05) is 0 Å². The molecular formula is C13H18FNO4S. The Labute approximate surface area is 117 Å². The van der Waals surface area contributed by atoms with Gasteiger partial charge < -0.3 is 9.84 Å². The summed E-state index contributed by atoms with van der Waals surface area (Å²) in [4.78, 5) is -0.222. The van der Waals surface area contributed by atoms with E-state index in [0.29, 0.717) is 19.3 Å². The second kappa shape index (κ2) is 6.07. The summed E-state index contributed by atoms with van der Waals surface area (Å²) in [6.45, 7) is 0. The third kappa shape index (κ3) is 3.47. The topological polar surface area (TPSA) is 75.6 Å². The van der Waals surface area contributed by atoms with Crippen LogP contribution in [0.25, 0.3) is 0 Å². The molecule has 2 rings (SSSR count). The molecule has 0 bridgehead atoms. The number of methoxy groups -OCH3 is 1. The van der Waals surface area contributed by atoms with Crippen molar-refractivity contribution in [2.75, 3.05) is 7.11 Å². The highest BCUT2D eigenvalue weighted by Gasteiger charge is 2.27. The van der Waals surface area contributed by atoms with Crippen molar-refractivity contribution >= 4 is 10.0 Å². The quantitative estimate of drug-likeness (QED) is 0.882. The number of aliphatic hydroxyl groups excluding tert-OH is 1. The summed E-state index contributed by atoms with van der Waals surface area (Å²) in [6, 6.07) is 3.01. The van der Waals surface area contributed by atoms with Crippen LogP contribution in [-0.2, 0) is 10.0 Å². The van der Waals surface area contributed by atoms with E-state index < -0.39 is 21.9 Å². The van der Waals surface area contributed by atoms with Crippen LogP contribution >= 0.6 is 0 Å². The van der Waals surface area contributed by atoms with Crippen LogP contribution in [-0.4, -0.2) is 32.8 Å². The number of sulfonamides is 1. The number of ether oxygens (including phenoxy) is 1. The fraction of sp³-hybridized carbons (Fsp3) is 0.538. The normalized spacial score (nSPS) is 23.6. The summed E-state index contributed by atoms with van der Waals surface area (Å²) in [5, 5.41) is 9.57. The Balaban J connectivity index is 2.24. The lowest BCUT2D eigenvalue weighted by molar-refractivity contribution is 0.117. The van der Waals surface area contributed by atoms with Gasteiger partial charge in [0, 0.05) is 6.04 Å². The van der Waals surface area contributed by atoms with E-state index in [0.717, 1.165) is 18.6 Å². The minimum atomic E-state index is -3.87. The zero-order valence-corrected chi connectivity index (χ0v) is 12.0. The Hall–Kier alpha value is -1.18. The summed E-state index contributed by atoms with van der Waals surface area (Å²) in [6.07, 6.45) is 1.98. The van der Waals surface area contributed by atoms with Crippen molar-refractivity contribution in [1.82, 2.24) is 4.72 Å². The molecule has 20 heavy (non-hydrogen) atoms. The minimum absolute atomic E-state index is 0.0928. The third-order valence-corrected chi connectivity index (χ3v) is 4.93. The smallest absolute Gasteiger partial charge is 0.244 e. The van der Waals surface area contributed by atoms with Crippen LogP contribution in [0.5, 0.6) is 5.75 Å². The molecule has 0 aliphatic heterocycles. The maximum absolute atomic E-state index is 13.3. The predicted molar refractivity (Wildman–Crippen MR) is 71.5 cm³/mol. The Morgan fingerprint density at radius 3 is 2.80 bits per heavy atom. The summed E-state index contributed by atoms with van der Waals surface area (Å²) >= 11 is 0. The van der Waals surface area contributed by atoms with Crippen LogP contribution in [0.4, 0.5) is 4.39 Å². The average molecular weight is 303 g/mol. The van der Waals surface area contributed by atoms with Gasteiger partial charge in [-0.3, -0.25) is 0 Å². The molecule has 2 atom stereocenters. The molecule has 1 aliphatic rings. The number of hydrogen-bond donors (Lipinski definition) is 2. The fourth-order valence-electron chi connectivity index (χ4n) is 2.41. The summed E-state index contributed by atoms with van der Waals surface area (Å²) < 4.78 is 45.3. The first-order valence-corrected chi connectivity index (χ1v) is 7.94. The Kier molecular flexibility index (Phi) is 4.62. The molecule has 1 fully saturated rings. The van der Waals surface area contributed by atoms with Gasteiger partial charge in [0.15, 0.2) is 0 Å². The van der Waals surface area contributed by atoms with Crippen molar-refractivity contribution in [2.24, 2.45) is 0 Å². The molecular weight excluding hydrogens is 285 g/mol. The van der Waals surface area contributed by atoms with Gasteiger partial charge >= 0.3 is 0 Å². The lowest BCUT2D eigenvalue weighted by Gasteiger charge is -2.26. The number of aliphatic hydroxyl groups is 1. The molecule has 0 radical (unpaired) electrons. The molecule has 0 amide bonds. The lowest BCUT2D eigenvalue weighted by Crippen LogP contribution is -2.39. The van der Waals surface area contributed by atoms with E-state index in [4.69, 9.17) is 4.74 Å². The van der Waals surface area contributed by atoms with E-state index in [2.05, 4.69) is 4.72 Å². The zero-order valence-electron chi connectivity index (χ0n) is 11.2. The molecule has 0 saturated heterocycles.